The summed E-state index contributed by atoms with van der Waals surface area (Å²) in [5, 5.41) is 13.6. The Hall–Kier alpha value is -3.18. The third kappa shape index (κ3) is 6.22. The van der Waals surface area contributed by atoms with Crippen molar-refractivity contribution < 1.29 is 14.6 Å². The summed E-state index contributed by atoms with van der Waals surface area (Å²) in [5.74, 6) is 2.54. The molecule has 0 aliphatic heterocycles. The maximum atomic E-state index is 9.85. The van der Waals surface area contributed by atoms with E-state index < -0.39 is 0 Å². The molecular formula is C32H40N2O3. The van der Waals surface area contributed by atoms with Crippen LogP contribution in [-0.2, 0) is 19.3 Å². The minimum absolute atomic E-state index is 0.159. The van der Waals surface area contributed by atoms with E-state index >= 15 is 0 Å². The zero-order chi connectivity index (χ0) is 25.8. The molecule has 0 bridgehead atoms. The van der Waals surface area contributed by atoms with Crippen molar-refractivity contribution in [1.82, 2.24) is 0 Å². The van der Waals surface area contributed by atoms with Crippen LogP contribution in [0.3, 0.4) is 0 Å². The second-order valence-corrected chi connectivity index (χ2v) is 11.1. The second kappa shape index (κ2) is 11.1. The Balaban J connectivity index is 1.24. The standard InChI is InChI=1S/C32H40N2O3/c1-22(17-23-5-11-28(12-6-23)37-21-32(33)15-3-4-16-32)34-31-20-29(36-2)13-14-30(31)26-8-7-25-19-27(35)10-9-24(25)18-26/h5-6,9-14,19-20,22,26,34-35H,3-4,7-8,15-18,21,33H2,1-2H3. The Morgan fingerprint density at radius 3 is 2.51 bits per heavy atom. The fourth-order valence-corrected chi connectivity index (χ4v) is 5.99. The molecule has 5 nitrogen and oxygen atoms in total. The number of benzene rings is 3. The molecule has 0 amide bonds. The predicted octanol–water partition coefficient (Wildman–Crippen LogP) is 6.37. The van der Waals surface area contributed by atoms with Crippen molar-refractivity contribution in [2.24, 2.45) is 5.73 Å². The Morgan fingerprint density at radius 1 is 1.00 bits per heavy atom. The van der Waals surface area contributed by atoms with Gasteiger partial charge in [-0.25, -0.2) is 0 Å². The van der Waals surface area contributed by atoms with E-state index in [1.54, 1.807) is 13.2 Å². The molecule has 0 spiro atoms. The number of nitrogens with two attached hydrogens (primary N) is 1. The minimum atomic E-state index is -0.159. The Labute approximate surface area is 221 Å². The first-order valence-electron chi connectivity index (χ1n) is 13.7. The molecule has 0 radical (unpaired) electrons. The van der Waals surface area contributed by atoms with Crippen LogP contribution >= 0.6 is 0 Å². The summed E-state index contributed by atoms with van der Waals surface area (Å²) in [5.41, 5.74) is 12.6. The summed E-state index contributed by atoms with van der Waals surface area (Å²) < 4.78 is 11.6. The molecule has 5 rings (SSSR count). The van der Waals surface area contributed by atoms with Crippen molar-refractivity contribution in [2.75, 3.05) is 19.0 Å². The van der Waals surface area contributed by atoms with Gasteiger partial charge in [0.2, 0.25) is 0 Å². The number of aromatic hydroxyl groups is 1. The lowest BCUT2D eigenvalue weighted by Crippen LogP contribution is -2.42. The molecular weight excluding hydrogens is 460 g/mol. The first kappa shape index (κ1) is 25.5. The topological polar surface area (TPSA) is 76.7 Å². The highest BCUT2D eigenvalue weighted by Crippen LogP contribution is 2.39. The fourth-order valence-electron chi connectivity index (χ4n) is 5.99. The maximum Gasteiger partial charge on any atom is 0.120 e. The summed E-state index contributed by atoms with van der Waals surface area (Å²) in [7, 11) is 1.72. The van der Waals surface area contributed by atoms with Gasteiger partial charge in [-0.3, -0.25) is 0 Å². The maximum absolute atomic E-state index is 9.85. The molecule has 0 aromatic heterocycles. The van der Waals surface area contributed by atoms with Gasteiger partial charge in [0.1, 0.15) is 23.9 Å². The van der Waals surface area contributed by atoms with E-state index in [0.717, 1.165) is 55.7 Å². The van der Waals surface area contributed by atoms with E-state index in [-0.39, 0.29) is 11.6 Å². The van der Waals surface area contributed by atoms with Crippen LogP contribution in [0.2, 0.25) is 0 Å². The number of rotatable bonds is 9. The monoisotopic (exact) mass is 500 g/mol. The van der Waals surface area contributed by atoms with Gasteiger partial charge in [0.05, 0.1) is 12.6 Å². The quantitative estimate of drug-likeness (QED) is 0.318. The summed E-state index contributed by atoms with van der Waals surface area (Å²) in [6.07, 6.45) is 8.46. The van der Waals surface area contributed by atoms with Crippen LogP contribution in [0.1, 0.15) is 67.2 Å². The van der Waals surface area contributed by atoms with Crippen molar-refractivity contribution in [2.45, 2.75) is 75.8 Å². The molecule has 4 N–H and O–H groups in total. The van der Waals surface area contributed by atoms with E-state index in [1.807, 2.05) is 6.07 Å². The molecule has 0 heterocycles. The molecule has 1 saturated carbocycles. The third-order valence-electron chi connectivity index (χ3n) is 8.11. The van der Waals surface area contributed by atoms with Crippen molar-refractivity contribution in [3.63, 3.8) is 0 Å². The molecule has 5 heteroatoms. The Kier molecular flexibility index (Phi) is 7.61. The van der Waals surface area contributed by atoms with Crippen LogP contribution in [-0.4, -0.2) is 30.4 Å². The van der Waals surface area contributed by atoms with Crippen molar-refractivity contribution in [3.05, 3.63) is 82.9 Å². The number of methoxy groups -OCH3 is 1. The predicted molar refractivity (Wildman–Crippen MR) is 150 cm³/mol. The lowest BCUT2D eigenvalue weighted by Gasteiger charge is -2.28. The number of hydrogen-bond acceptors (Lipinski definition) is 5. The normalized spacial score (nSPS) is 19.2. The van der Waals surface area contributed by atoms with Crippen molar-refractivity contribution >= 4 is 5.69 Å². The van der Waals surface area contributed by atoms with E-state index in [2.05, 4.69) is 60.8 Å². The zero-order valence-electron chi connectivity index (χ0n) is 22.1. The van der Waals surface area contributed by atoms with Gasteiger partial charge in [-0.2, -0.15) is 0 Å². The molecule has 3 aromatic carbocycles. The van der Waals surface area contributed by atoms with Gasteiger partial charge >= 0.3 is 0 Å². The molecule has 37 heavy (non-hydrogen) atoms. The van der Waals surface area contributed by atoms with Crippen molar-refractivity contribution in [1.29, 1.82) is 0 Å². The number of nitrogens with one attached hydrogen (secondary N) is 1. The largest absolute Gasteiger partial charge is 0.508 e. The molecule has 3 aromatic rings. The van der Waals surface area contributed by atoms with Crippen LogP contribution in [0.15, 0.2) is 60.7 Å². The molecule has 2 aliphatic rings. The third-order valence-corrected chi connectivity index (χ3v) is 8.11. The number of phenolic OH excluding ortho intramolecular Hbond substituents is 1. The molecule has 196 valence electrons. The van der Waals surface area contributed by atoms with Gasteiger partial charge < -0.3 is 25.6 Å². The van der Waals surface area contributed by atoms with Gasteiger partial charge in [0.15, 0.2) is 0 Å². The number of anilines is 1. The molecule has 1 fully saturated rings. The van der Waals surface area contributed by atoms with Gasteiger partial charge in [0.25, 0.3) is 0 Å². The molecule has 2 atom stereocenters. The van der Waals surface area contributed by atoms with Gasteiger partial charge in [-0.15, -0.1) is 0 Å². The average Bonchev–Trinajstić information content (AvgIpc) is 3.34. The zero-order valence-corrected chi connectivity index (χ0v) is 22.1. The average molecular weight is 501 g/mol. The Morgan fingerprint density at radius 2 is 1.76 bits per heavy atom. The molecule has 2 unspecified atom stereocenters. The smallest absolute Gasteiger partial charge is 0.120 e. The SMILES string of the molecule is COc1ccc(C2CCc3cc(O)ccc3C2)c(NC(C)Cc2ccc(OCC3(N)CCCC3)cc2)c1. The molecule has 2 aliphatic carbocycles. The summed E-state index contributed by atoms with van der Waals surface area (Å²) >= 11 is 0. The number of hydrogen-bond donors (Lipinski definition) is 3. The first-order valence-corrected chi connectivity index (χ1v) is 13.7. The second-order valence-electron chi connectivity index (χ2n) is 11.1. The van der Waals surface area contributed by atoms with Crippen LogP contribution in [0, 0.1) is 0 Å². The van der Waals surface area contributed by atoms with E-state index in [0.29, 0.717) is 18.3 Å². The highest BCUT2D eigenvalue weighted by Gasteiger charge is 2.30. The Bertz CT molecular complexity index is 1200. The minimum Gasteiger partial charge on any atom is -0.508 e. The van der Waals surface area contributed by atoms with Crippen LogP contribution in [0.4, 0.5) is 5.69 Å². The van der Waals surface area contributed by atoms with Crippen LogP contribution in [0.5, 0.6) is 17.2 Å². The highest BCUT2D eigenvalue weighted by molar-refractivity contribution is 5.58. The van der Waals surface area contributed by atoms with E-state index in [1.165, 1.54) is 35.1 Å². The van der Waals surface area contributed by atoms with Crippen LogP contribution < -0.4 is 20.5 Å². The number of ether oxygens (including phenoxy) is 2. The van der Waals surface area contributed by atoms with E-state index in [4.69, 9.17) is 15.2 Å². The number of aryl methyl sites for hydroxylation is 1. The van der Waals surface area contributed by atoms with Gasteiger partial charge in [0, 0.05) is 17.8 Å². The van der Waals surface area contributed by atoms with Gasteiger partial charge in [-0.05, 0) is 104 Å². The first-order chi connectivity index (χ1) is 17.9. The molecule has 0 saturated heterocycles. The van der Waals surface area contributed by atoms with Crippen molar-refractivity contribution in [3.8, 4) is 17.2 Å². The van der Waals surface area contributed by atoms with Crippen LogP contribution in [0.25, 0.3) is 0 Å². The lowest BCUT2D eigenvalue weighted by atomic mass is 9.79. The lowest BCUT2D eigenvalue weighted by molar-refractivity contribution is 0.220. The fraction of sp³-hybridized carbons (Fsp3) is 0.438. The summed E-state index contributed by atoms with van der Waals surface area (Å²) in [6, 6.07) is 20.9. The van der Waals surface area contributed by atoms with Gasteiger partial charge in [-0.1, -0.05) is 37.1 Å². The number of phenols is 1. The number of fused-ring (bicyclic) bond motifs is 1. The summed E-state index contributed by atoms with van der Waals surface area (Å²) in [4.78, 5) is 0. The summed E-state index contributed by atoms with van der Waals surface area (Å²) in [6.45, 7) is 2.82. The highest BCUT2D eigenvalue weighted by atomic mass is 16.5. The van der Waals surface area contributed by atoms with E-state index in [9.17, 15) is 5.11 Å².